The molecule has 0 aromatic rings. The van der Waals surface area contributed by atoms with Crippen molar-refractivity contribution in [2.45, 2.75) is 32.4 Å². The molecule has 3 N–H and O–H groups in total. The van der Waals surface area contributed by atoms with Crippen LogP contribution in [0.4, 0.5) is 4.79 Å². The molecule has 5 heteroatoms. The normalized spacial score (nSPS) is 13.9. The van der Waals surface area contributed by atoms with Crippen LogP contribution in [0.25, 0.3) is 0 Å². The van der Waals surface area contributed by atoms with Gasteiger partial charge in [-0.3, -0.25) is 4.79 Å². The Hall–Kier alpha value is -1.52. The average molecular weight is 200 g/mol. The second-order valence-electron chi connectivity index (χ2n) is 2.85. The fourth-order valence-electron chi connectivity index (χ4n) is 0.768. The SMILES string of the molecule is C=CC(C)OC(=O)N[C@@H](CC)C(N)=O. The van der Waals surface area contributed by atoms with Crippen LogP contribution in [0.5, 0.6) is 0 Å². The number of ether oxygens (including phenoxy) is 1. The molecule has 14 heavy (non-hydrogen) atoms. The van der Waals surface area contributed by atoms with Crippen molar-refractivity contribution in [2.75, 3.05) is 0 Å². The molecule has 0 spiro atoms. The van der Waals surface area contributed by atoms with Gasteiger partial charge in [0.25, 0.3) is 0 Å². The van der Waals surface area contributed by atoms with Crippen LogP contribution in [-0.4, -0.2) is 24.1 Å². The molecule has 2 atom stereocenters. The van der Waals surface area contributed by atoms with E-state index in [1.54, 1.807) is 13.8 Å². The van der Waals surface area contributed by atoms with Crippen molar-refractivity contribution in [3.05, 3.63) is 12.7 Å². The maximum atomic E-state index is 11.1. The number of hydrogen-bond donors (Lipinski definition) is 2. The van der Waals surface area contributed by atoms with Gasteiger partial charge in [-0.25, -0.2) is 4.79 Å². The molecule has 0 aliphatic carbocycles. The van der Waals surface area contributed by atoms with Crippen molar-refractivity contribution in [1.29, 1.82) is 0 Å². The second kappa shape index (κ2) is 6.01. The van der Waals surface area contributed by atoms with Gasteiger partial charge in [-0.2, -0.15) is 0 Å². The van der Waals surface area contributed by atoms with Crippen LogP contribution in [-0.2, 0) is 9.53 Å². The summed E-state index contributed by atoms with van der Waals surface area (Å²) in [6.45, 7) is 6.86. The van der Waals surface area contributed by atoms with Crippen LogP contribution in [0.15, 0.2) is 12.7 Å². The molecule has 0 saturated heterocycles. The third-order valence-electron chi connectivity index (χ3n) is 1.67. The van der Waals surface area contributed by atoms with Gasteiger partial charge in [-0.15, -0.1) is 0 Å². The zero-order chi connectivity index (χ0) is 11.1. The van der Waals surface area contributed by atoms with Gasteiger partial charge in [0, 0.05) is 0 Å². The van der Waals surface area contributed by atoms with Crippen LogP contribution >= 0.6 is 0 Å². The van der Waals surface area contributed by atoms with Crippen LogP contribution in [0, 0.1) is 0 Å². The van der Waals surface area contributed by atoms with Gasteiger partial charge in [-0.1, -0.05) is 19.6 Å². The standard InChI is InChI=1S/C9H16N2O3/c1-4-6(3)14-9(13)11-7(5-2)8(10)12/h4,6-7H,1,5H2,2-3H3,(H2,10,12)(H,11,13)/t6?,7-/m0/s1. The van der Waals surface area contributed by atoms with Crippen molar-refractivity contribution in [3.63, 3.8) is 0 Å². The molecule has 0 radical (unpaired) electrons. The van der Waals surface area contributed by atoms with E-state index in [-0.39, 0.29) is 6.10 Å². The number of nitrogens with two attached hydrogens (primary N) is 1. The maximum Gasteiger partial charge on any atom is 0.408 e. The summed E-state index contributed by atoms with van der Waals surface area (Å²) < 4.78 is 4.81. The van der Waals surface area contributed by atoms with E-state index in [4.69, 9.17) is 10.5 Å². The lowest BCUT2D eigenvalue weighted by molar-refractivity contribution is -0.120. The van der Waals surface area contributed by atoms with Crippen molar-refractivity contribution in [2.24, 2.45) is 5.73 Å². The first kappa shape index (κ1) is 12.5. The number of primary amides is 1. The Labute approximate surface area is 83.3 Å². The molecule has 0 fully saturated rings. The lowest BCUT2D eigenvalue weighted by Crippen LogP contribution is -2.44. The third-order valence-corrected chi connectivity index (χ3v) is 1.67. The van der Waals surface area contributed by atoms with E-state index >= 15 is 0 Å². The lowest BCUT2D eigenvalue weighted by atomic mass is 10.2. The third kappa shape index (κ3) is 4.49. The highest BCUT2D eigenvalue weighted by atomic mass is 16.6. The van der Waals surface area contributed by atoms with E-state index in [2.05, 4.69) is 11.9 Å². The smallest absolute Gasteiger partial charge is 0.408 e. The summed E-state index contributed by atoms with van der Waals surface area (Å²) in [4.78, 5) is 21.9. The van der Waals surface area contributed by atoms with Gasteiger partial charge >= 0.3 is 6.09 Å². The fourth-order valence-corrected chi connectivity index (χ4v) is 0.768. The molecule has 0 aromatic heterocycles. The number of nitrogens with one attached hydrogen (secondary N) is 1. The Bertz CT molecular complexity index is 228. The predicted molar refractivity (Wildman–Crippen MR) is 52.5 cm³/mol. The summed E-state index contributed by atoms with van der Waals surface area (Å²) in [5.74, 6) is -0.573. The average Bonchev–Trinajstić information content (AvgIpc) is 2.13. The molecular weight excluding hydrogens is 184 g/mol. The van der Waals surface area contributed by atoms with Crippen LogP contribution in [0.1, 0.15) is 20.3 Å². The fraction of sp³-hybridized carbons (Fsp3) is 0.556. The zero-order valence-corrected chi connectivity index (χ0v) is 8.45. The lowest BCUT2D eigenvalue weighted by Gasteiger charge is -2.14. The van der Waals surface area contributed by atoms with Crippen molar-refractivity contribution in [1.82, 2.24) is 5.32 Å². The zero-order valence-electron chi connectivity index (χ0n) is 8.45. The summed E-state index contributed by atoms with van der Waals surface area (Å²) in [5, 5.41) is 2.35. The second-order valence-corrected chi connectivity index (χ2v) is 2.85. The van der Waals surface area contributed by atoms with Crippen molar-refractivity contribution < 1.29 is 14.3 Å². The molecule has 0 aliphatic heterocycles. The first-order valence-corrected chi connectivity index (χ1v) is 4.40. The molecule has 0 heterocycles. The quantitative estimate of drug-likeness (QED) is 0.636. The number of hydrogen-bond acceptors (Lipinski definition) is 3. The number of carbonyl (C=O) groups excluding carboxylic acids is 2. The highest BCUT2D eigenvalue weighted by Crippen LogP contribution is 1.95. The molecule has 0 bridgehead atoms. The number of carbonyl (C=O) groups is 2. The minimum Gasteiger partial charge on any atom is -0.442 e. The van der Waals surface area contributed by atoms with E-state index in [0.29, 0.717) is 6.42 Å². The summed E-state index contributed by atoms with van der Waals surface area (Å²) in [5.41, 5.74) is 5.03. The predicted octanol–water partition coefficient (Wildman–Crippen LogP) is 0.551. The molecule has 2 amide bonds. The van der Waals surface area contributed by atoms with Crippen molar-refractivity contribution >= 4 is 12.0 Å². The maximum absolute atomic E-state index is 11.1. The van der Waals surface area contributed by atoms with Crippen LogP contribution in [0.2, 0.25) is 0 Å². The van der Waals surface area contributed by atoms with E-state index in [1.165, 1.54) is 6.08 Å². The van der Waals surface area contributed by atoms with E-state index in [0.717, 1.165) is 0 Å². The highest BCUT2D eigenvalue weighted by Gasteiger charge is 2.16. The Morgan fingerprint density at radius 1 is 1.64 bits per heavy atom. The van der Waals surface area contributed by atoms with E-state index in [9.17, 15) is 9.59 Å². The topological polar surface area (TPSA) is 81.4 Å². The Morgan fingerprint density at radius 2 is 2.21 bits per heavy atom. The number of amides is 2. The number of rotatable bonds is 5. The van der Waals surface area contributed by atoms with Crippen LogP contribution in [0.3, 0.4) is 0 Å². The first-order chi connectivity index (χ1) is 6.51. The first-order valence-electron chi connectivity index (χ1n) is 4.40. The molecule has 0 aliphatic rings. The van der Waals surface area contributed by atoms with Gasteiger partial charge in [0.2, 0.25) is 5.91 Å². The number of alkyl carbamates (subject to hydrolysis) is 1. The van der Waals surface area contributed by atoms with E-state index in [1.807, 2.05) is 0 Å². The molecule has 1 unspecified atom stereocenters. The van der Waals surface area contributed by atoms with Gasteiger partial charge in [0.1, 0.15) is 12.1 Å². The van der Waals surface area contributed by atoms with Gasteiger partial charge in [0.05, 0.1) is 0 Å². The Morgan fingerprint density at radius 3 is 2.57 bits per heavy atom. The summed E-state index contributed by atoms with van der Waals surface area (Å²) in [7, 11) is 0. The van der Waals surface area contributed by atoms with Gasteiger partial charge in [-0.05, 0) is 13.3 Å². The highest BCUT2D eigenvalue weighted by molar-refractivity contribution is 5.84. The molecule has 5 nitrogen and oxygen atoms in total. The molecule has 0 rings (SSSR count). The minimum atomic E-state index is -0.681. The molecule has 80 valence electrons. The summed E-state index contributed by atoms with van der Waals surface area (Å²) >= 11 is 0. The molecular formula is C9H16N2O3. The molecule has 0 saturated carbocycles. The van der Waals surface area contributed by atoms with E-state index < -0.39 is 18.0 Å². The molecule has 0 aromatic carbocycles. The summed E-state index contributed by atoms with van der Waals surface area (Å²) in [6, 6.07) is -0.681. The Kier molecular flexibility index (Phi) is 5.36. The minimum absolute atomic E-state index is 0.389. The van der Waals surface area contributed by atoms with Crippen LogP contribution < -0.4 is 11.1 Å². The van der Waals surface area contributed by atoms with Crippen molar-refractivity contribution in [3.8, 4) is 0 Å². The monoisotopic (exact) mass is 200 g/mol. The summed E-state index contributed by atoms with van der Waals surface area (Å²) in [6.07, 6.45) is 0.862. The Balaban J connectivity index is 4.03. The van der Waals surface area contributed by atoms with Gasteiger partial charge < -0.3 is 15.8 Å². The largest absolute Gasteiger partial charge is 0.442 e. The van der Waals surface area contributed by atoms with Gasteiger partial charge in [0.15, 0.2) is 0 Å².